The molecule has 208 valence electrons. The normalized spacial score (nSPS) is 24.6. The number of methoxy groups -OCH3 is 2. The quantitative estimate of drug-likeness (QED) is 0.409. The molecule has 0 radical (unpaired) electrons. The van der Waals surface area contributed by atoms with Crippen LogP contribution in [0.1, 0.15) is 67.2 Å². The fourth-order valence-electron chi connectivity index (χ4n) is 3.71. The summed E-state index contributed by atoms with van der Waals surface area (Å²) in [4.78, 5) is 49.6. The van der Waals surface area contributed by atoms with Gasteiger partial charge in [0, 0.05) is 0 Å². The van der Waals surface area contributed by atoms with Crippen molar-refractivity contribution in [2.24, 2.45) is 0 Å². The van der Waals surface area contributed by atoms with Crippen LogP contribution < -0.4 is 0 Å². The van der Waals surface area contributed by atoms with Crippen LogP contribution in [0.3, 0.4) is 0 Å². The number of aliphatic hydroxyl groups excluding tert-OH is 2. The Morgan fingerprint density at radius 2 is 0.944 bits per heavy atom. The summed E-state index contributed by atoms with van der Waals surface area (Å²) in [5, 5.41) is 19.2. The number of likely N-dealkylation sites (tertiary alicyclic amines) is 2. The Kier molecular flexibility index (Phi) is 11.4. The Balaban J connectivity index is 0.000000360. The van der Waals surface area contributed by atoms with Crippen molar-refractivity contribution < 1.29 is 48.3 Å². The van der Waals surface area contributed by atoms with Crippen molar-refractivity contribution in [3.63, 3.8) is 0 Å². The van der Waals surface area contributed by atoms with Gasteiger partial charge in [-0.05, 0) is 67.2 Å². The van der Waals surface area contributed by atoms with Crippen molar-refractivity contribution >= 4 is 24.1 Å². The number of piperidine rings is 2. The van der Waals surface area contributed by atoms with Crippen LogP contribution >= 0.6 is 0 Å². The highest BCUT2D eigenvalue weighted by Gasteiger charge is 2.39. The minimum atomic E-state index is -0.673. The van der Waals surface area contributed by atoms with E-state index in [4.69, 9.17) is 9.47 Å². The van der Waals surface area contributed by atoms with E-state index < -0.39 is 59.6 Å². The number of nitrogens with zero attached hydrogens (tertiary/aromatic N) is 2. The number of carbonyl (C=O) groups excluding carboxylic acids is 4. The molecule has 2 saturated heterocycles. The Morgan fingerprint density at radius 1 is 0.639 bits per heavy atom. The second-order valence-electron chi connectivity index (χ2n) is 10.8. The van der Waals surface area contributed by atoms with E-state index in [0.29, 0.717) is 25.7 Å². The Hall–Kier alpha value is -2.60. The van der Waals surface area contributed by atoms with E-state index in [1.807, 2.05) is 0 Å². The summed E-state index contributed by atoms with van der Waals surface area (Å²) in [6.07, 6.45) is -0.747. The van der Waals surface area contributed by atoms with Crippen LogP contribution in [0.15, 0.2) is 0 Å². The first-order chi connectivity index (χ1) is 16.5. The summed E-state index contributed by atoms with van der Waals surface area (Å²) in [6, 6.07) is -1.35. The van der Waals surface area contributed by atoms with Gasteiger partial charge in [0.2, 0.25) is 0 Å². The number of esters is 2. The van der Waals surface area contributed by atoms with Crippen molar-refractivity contribution in [3.8, 4) is 0 Å². The molecule has 12 heteroatoms. The molecular weight excluding hydrogens is 476 g/mol. The number of β-amino-alcohol motifs (C(OH)–C–C–N with tert-alkyl or cyclic N) is 2. The number of hydrogen-bond donors (Lipinski definition) is 2. The van der Waals surface area contributed by atoms with Crippen molar-refractivity contribution in [3.05, 3.63) is 0 Å². The summed E-state index contributed by atoms with van der Waals surface area (Å²) in [7, 11) is 2.56. The van der Waals surface area contributed by atoms with Crippen LogP contribution in [0.4, 0.5) is 9.59 Å². The predicted octanol–water partition coefficient (Wildman–Crippen LogP) is 1.84. The largest absolute Gasteiger partial charge is 0.467 e. The predicted molar refractivity (Wildman–Crippen MR) is 128 cm³/mol. The van der Waals surface area contributed by atoms with Crippen LogP contribution in [-0.2, 0) is 28.5 Å². The first-order valence-electron chi connectivity index (χ1n) is 12.0. The number of ether oxygens (including phenoxy) is 4. The molecule has 2 rings (SSSR count). The monoisotopic (exact) mass is 518 g/mol. The SMILES string of the molecule is COC(=O)[C@@H]1CC[C@H](O)CN1C(=O)OC(C)(C)C.COC(=O)[C@H]1CC[C@@H](O)CN1C(=O)OC(C)(C)C. The van der Waals surface area contributed by atoms with Crippen molar-refractivity contribution in [1.82, 2.24) is 9.80 Å². The molecule has 0 spiro atoms. The highest BCUT2D eigenvalue weighted by molar-refractivity contribution is 5.82. The van der Waals surface area contributed by atoms with Gasteiger partial charge in [-0.2, -0.15) is 0 Å². The fraction of sp³-hybridized carbons (Fsp3) is 0.833. The maximum Gasteiger partial charge on any atom is 0.411 e. The van der Waals surface area contributed by atoms with E-state index in [9.17, 15) is 29.4 Å². The molecule has 0 bridgehead atoms. The highest BCUT2D eigenvalue weighted by atomic mass is 16.6. The molecule has 2 aliphatic heterocycles. The standard InChI is InChI=1S/2C12H21NO5/c2*1-12(2,3)18-11(16)13-7-8(14)5-6-9(13)10(15)17-4/h2*8-9,14H,5-7H2,1-4H3/t2*8-,9-/m10/s1. The lowest BCUT2D eigenvalue weighted by Gasteiger charge is -2.36. The van der Waals surface area contributed by atoms with Crippen molar-refractivity contribution in [2.75, 3.05) is 27.3 Å². The topological polar surface area (TPSA) is 152 Å². The van der Waals surface area contributed by atoms with Gasteiger partial charge in [0.1, 0.15) is 23.3 Å². The number of hydrogen-bond acceptors (Lipinski definition) is 10. The van der Waals surface area contributed by atoms with Crippen LogP contribution in [0.2, 0.25) is 0 Å². The lowest BCUT2D eigenvalue weighted by Crippen LogP contribution is -2.53. The van der Waals surface area contributed by atoms with E-state index >= 15 is 0 Å². The Labute approximate surface area is 212 Å². The highest BCUT2D eigenvalue weighted by Crippen LogP contribution is 2.23. The fourth-order valence-corrected chi connectivity index (χ4v) is 3.71. The van der Waals surface area contributed by atoms with Crippen LogP contribution in [0.5, 0.6) is 0 Å². The second-order valence-corrected chi connectivity index (χ2v) is 10.8. The minimum absolute atomic E-state index is 0.0919. The summed E-state index contributed by atoms with van der Waals surface area (Å²) < 4.78 is 19.8. The van der Waals surface area contributed by atoms with E-state index in [2.05, 4.69) is 9.47 Å². The first kappa shape index (κ1) is 31.4. The summed E-state index contributed by atoms with van der Waals surface area (Å²) in [5.41, 5.74) is -1.28. The van der Waals surface area contributed by atoms with Gasteiger partial charge < -0.3 is 29.2 Å². The second kappa shape index (κ2) is 13.1. The van der Waals surface area contributed by atoms with Crippen molar-refractivity contribution in [2.45, 2.75) is 103 Å². The maximum atomic E-state index is 12.0. The van der Waals surface area contributed by atoms with Gasteiger partial charge in [-0.1, -0.05) is 0 Å². The Bertz CT molecular complexity index is 710. The molecule has 2 aliphatic rings. The van der Waals surface area contributed by atoms with Gasteiger partial charge in [0.05, 0.1) is 39.5 Å². The van der Waals surface area contributed by atoms with Crippen molar-refractivity contribution in [1.29, 1.82) is 0 Å². The van der Waals surface area contributed by atoms with Gasteiger partial charge in [-0.25, -0.2) is 19.2 Å². The number of carbonyl (C=O) groups is 4. The van der Waals surface area contributed by atoms with Gasteiger partial charge in [-0.15, -0.1) is 0 Å². The lowest BCUT2D eigenvalue weighted by molar-refractivity contribution is -0.150. The zero-order valence-electron chi connectivity index (χ0n) is 22.6. The third-order valence-electron chi connectivity index (χ3n) is 5.32. The molecule has 4 atom stereocenters. The van der Waals surface area contributed by atoms with Crippen LogP contribution in [0, 0.1) is 0 Å². The van der Waals surface area contributed by atoms with E-state index in [0.717, 1.165) is 0 Å². The zero-order chi connectivity index (χ0) is 27.8. The van der Waals surface area contributed by atoms with E-state index in [1.165, 1.54) is 24.0 Å². The molecule has 36 heavy (non-hydrogen) atoms. The van der Waals surface area contributed by atoms with Crippen LogP contribution in [-0.4, -0.2) is 107 Å². The van der Waals surface area contributed by atoms with Gasteiger partial charge in [0.15, 0.2) is 0 Å². The lowest BCUT2D eigenvalue weighted by atomic mass is 10.0. The average Bonchev–Trinajstić information content (AvgIpc) is 2.76. The number of aliphatic hydroxyl groups is 2. The molecule has 12 nitrogen and oxygen atoms in total. The van der Waals surface area contributed by atoms with Gasteiger partial charge >= 0.3 is 24.1 Å². The van der Waals surface area contributed by atoms with E-state index in [1.54, 1.807) is 41.5 Å². The molecule has 0 aliphatic carbocycles. The van der Waals surface area contributed by atoms with Gasteiger partial charge in [-0.3, -0.25) is 9.80 Å². The molecular formula is C24H42N2O10. The minimum Gasteiger partial charge on any atom is -0.467 e. The molecule has 2 fully saturated rings. The Morgan fingerprint density at radius 3 is 1.19 bits per heavy atom. The number of rotatable bonds is 2. The smallest absolute Gasteiger partial charge is 0.411 e. The zero-order valence-corrected chi connectivity index (χ0v) is 22.6. The van der Waals surface area contributed by atoms with E-state index in [-0.39, 0.29) is 13.1 Å². The van der Waals surface area contributed by atoms with Crippen LogP contribution in [0.25, 0.3) is 0 Å². The summed E-state index contributed by atoms with van der Waals surface area (Å²) >= 11 is 0. The molecule has 0 aromatic rings. The maximum absolute atomic E-state index is 12.0. The first-order valence-corrected chi connectivity index (χ1v) is 12.0. The third kappa shape index (κ3) is 10.2. The molecule has 0 saturated carbocycles. The molecule has 2 amide bonds. The molecule has 0 unspecified atom stereocenters. The summed E-state index contributed by atoms with van der Waals surface area (Å²) in [5.74, 6) is -0.958. The molecule has 2 heterocycles. The number of amides is 2. The molecule has 0 aromatic heterocycles. The third-order valence-corrected chi connectivity index (χ3v) is 5.32. The molecule has 2 N–H and O–H groups in total. The average molecular weight is 519 g/mol. The molecule has 0 aromatic carbocycles. The summed E-state index contributed by atoms with van der Waals surface area (Å²) in [6.45, 7) is 10.7. The van der Waals surface area contributed by atoms with Gasteiger partial charge in [0.25, 0.3) is 0 Å².